The Hall–Kier alpha value is -1.16. The number of halogens is 1. The van der Waals surface area contributed by atoms with Crippen molar-refractivity contribution in [2.75, 3.05) is 0 Å². The molecular formula is C9H8BrNO2. The number of nitro groups is 1. The fraction of sp³-hybridized carbons (Fsp3) is 0.111. The van der Waals surface area contributed by atoms with Crippen LogP contribution < -0.4 is 0 Å². The van der Waals surface area contributed by atoms with E-state index in [9.17, 15) is 10.1 Å². The van der Waals surface area contributed by atoms with Gasteiger partial charge >= 0.3 is 0 Å². The molecular weight excluding hydrogens is 234 g/mol. The molecule has 1 rings (SSSR count). The van der Waals surface area contributed by atoms with Crippen LogP contribution in [0.4, 0.5) is 5.69 Å². The molecule has 0 radical (unpaired) electrons. The number of nitrogens with zero attached hydrogens (tertiary/aromatic N) is 1. The van der Waals surface area contributed by atoms with Crippen LogP contribution >= 0.6 is 15.9 Å². The molecule has 0 N–H and O–H groups in total. The van der Waals surface area contributed by atoms with Crippen LogP contribution in [0.3, 0.4) is 0 Å². The molecule has 0 fully saturated rings. The van der Waals surface area contributed by atoms with Crippen molar-refractivity contribution in [3.8, 4) is 0 Å². The molecule has 0 aliphatic heterocycles. The van der Waals surface area contributed by atoms with Gasteiger partial charge in [0.2, 0.25) is 0 Å². The molecule has 0 aliphatic carbocycles. The molecule has 0 amide bonds. The third-order valence-electron chi connectivity index (χ3n) is 1.47. The van der Waals surface area contributed by atoms with E-state index in [2.05, 4.69) is 15.9 Å². The van der Waals surface area contributed by atoms with Gasteiger partial charge in [0, 0.05) is 12.1 Å². The minimum atomic E-state index is -0.408. The molecule has 13 heavy (non-hydrogen) atoms. The summed E-state index contributed by atoms with van der Waals surface area (Å²) >= 11 is 3.29. The zero-order valence-electron chi connectivity index (χ0n) is 7.03. The van der Waals surface area contributed by atoms with Gasteiger partial charge in [-0.05, 0) is 35.2 Å². The van der Waals surface area contributed by atoms with Gasteiger partial charge in [0.05, 0.1) is 4.92 Å². The quantitative estimate of drug-likeness (QED) is 0.589. The number of hydrogen-bond acceptors (Lipinski definition) is 2. The van der Waals surface area contributed by atoms with Gasteiger partial charge in [-0.1, -0.05) is 15.9 Å². The minimum absolute atomic E-state index is 0.115. The monoisotopic (exact) mass is 241 g/mol. The molecule has 1 aromatic rings. The van der Waals surface area contributed by atoms with Gasteiger partial charge in [-0.25, -0.2) is 0 Å². The zero-order chi connectivity index (χ0) is 9.84. The molecule has 0 spiro atoms. The summed E-state index contributed by atoms with van der Waals surface area (Å²) < 4.78 is 0.987. The maximum Gasteiger partial charge on any atom is 0.269 e. The Bertz CT molecular complexity index is 339. The zero-order valence-corrected chi connectivity index (χ0v) is 8.61. The largest absolute Gasteiger partial charge is 0.269 e. The van der Waals surface area contributed by atoms with E-state index in [1.54, 1.807) is 12.1 Å². The van der Waals surface area contributed by atoms with Gasteiger partial charge in [0.1, 0.15) is 0 Å². The van der Waals surface area contributed by atoms with E-state index in [-0.39, 0.29) is 5.69 Å². The van der Waals surface area contributed by atoms with Crippen molar-refractivity contribution in [1.29, 1.82) is 0 Å². The summed E-state index contributed by atoms with van der Waals surface area (Å²) in [6.45, 7) is 1.90. The molecule has 0 aromatic heterocycles. The van der Waals surface area contributed by atoms with Crippen LogP contribution in [0.1, 0.15) is 12.5 Å². The van der Waals surface area contributed by atoms with Crippen molar-refractivity contribution in [3.63, 3.8) is 0 Å². The standard InChI is InChI=1S/C9H8BrNO2/c1-7(10)6-8-2-4-9(5-3-8)11(12)13/h2-6H,1H3/b7-6-. The molecule has 0 saturated heterocycles. The van der Waals surface area contributed by atoms with Gasteiger partial charge in [-0.3, -0.25) is 10.1 Å². The molecule has 4 heteroatoms. The number of allylic oxidation sites excluding steroid dienone is 1. The van der Waals surface area contributed by atoms with E-state index in [0.717, 1.165) is 10.0 Å². The van der Waals surface area contributed by atoms with Crippen LogP contribution in [-0.4, -0.2) is 4.92 Å². The Morgan fingerprint density at radius 1 is 1.46 bits per heavy atom. The van der Waals surface area contributed by atoms with E-state index in [4.69, 9.17) is 0 Å². The van der Waals surface area contributed by atoms with Crippen LogP contribution in [-0.2, 0) is 0 Å². The summed E-state index contributed by atoms with van der Waals surface area (Å²) in [5, 5.41) is 10.3. The van der Waals surface area contributed by atoms with E-state index >= 15 is 0 Å². The normalized spacial score (nSPS) is 11.4. The number of non-ortho nitro benzene ring substituents is 1. The summed E-state index contributed by atoms with van der Waals surface area (Å²) in [5.74, 6) is 0. The SMILES string of the molecule is C/C(Br)=C/c1ccc([N+](=O)[O-])cc1. The smallest absolute Gasteiger partial charge is 0.258 e. The van der Waals surface area contributed by atoms with Gasteiger partial charge < -0.3 is 0 Å². The molecule has 3 nitrogen and oxygen atoms in total. The minimum Gasteiger partial charge on any atom is -0.258 e. The second-order valence-corrected chi connectivity index (χ2v) is 3.83. The first kappa shape index (κ1) is 9.92. The number of nitro benzene ring substituents is 1. The third-order valence-corrected chi connectivity index (χ3v) is 1.70. The van der Waals surface area contributed by atoms with Crippen LogP contribution in [0.25, 0.3) is 6.08 Å². The van der Waals surface area contributed by atoms with Crippen molar-refractivity contribution in [2.24, 2.45) is 0 Å². The van der Waals surface area contributed by atoms with Crippen LogP contribution in [0, 0.1) is 10.1 Å². The van der Waals surface area contributed by atoms with E-state index in [1.165, 1.54) is 12.1 Å². The Kier molecular flexibility index (Phi) is 3.19. The fourth-order valence-electron chi connectivity index (χ4n) is 0.922. The lowest BCUT2D eigenvalue weighted by Gasteiger charge is -1.93. The Labute approximate surface area is 84.4 Å². The molecule has 0 unspecified atom stereocenters. The first-order chi connectivity index (χ1) is 6.09. The number of hydrogen-bond donors (Lipinski definition) is 0. The highest BCUT2D eigenvalue weighted by atomic mass is 79.9. The summed E-state index contributed by atoms with van der Waals surface area (Å²) in [6, 6.07) is 6.40. The van der Waals surface area contributed by atoms with Crippen molar-refractivity contribution >= 4 is 27.7 Å². The van der Waals surface area contributed by atoms with E-state index in [0.29, 0.717) is 0 Å². The lowest BCUT2D eigenvalue weighted by Crippen LogP contribution is -1.86. The molecule has 0 saturated carbocycles. The van der Waals surface area contributed by atoms with Crippen LogP contribution in [0.2, 0.25) is 0 Å². The highest BCUT2D eigenvalue weighted by Gasteiger charge is 2.02. The predicted octanol–water partition coefficient (Wildman–Crippen LogP) is 3.35. The topological polar surface area (TPSA) is 43.1 Å². The molecule has 1 aromatic carbocycles. The van der Waals surface area contributed by atoms with Gasteiger partial charge in [0.25, 0.3) is 5.69 Å². The molecule has 68 valence electrons. The first-order valence-corrected chi connectivity index (χ1v) is 4.47. The summed E-state index contributed by atoms with van der Waals surface area (Å²) in [6.07, 6.45) is 1.89. The first-order valence-electron chi connectivity index (χ1n) is 3.68. The van der Waals surface area contributed by atoms with Crippen LogP contribution in [0.15, 0.2) is 28.7 Å². The van der Waals surface area contributed by atoms with Gasteiger partial charge in [-0.15, -0.1) is 0 Å². The summed E-state index contributed by atoms with van der Waals surface area (Å²) in [7, 11) is 0. The summed E-state index contributed by atoms with van der Waals surface area (Å²) in [5.41, 5.74) is 1.06. The van der Waals surface area contributed by atoms with Crippen molar-refractivity contribution in [1.82, 2.24) is 0 Å². The Morgan fingerprint density at radius 3 is 2.38 bits per heavy atom. The number of rotatable bonds is 2. The van der Waals surface area contributed by atoms with Gasteiger partial charge in [-0.2, -0.15) is 0 Å². The summed E-state index contributed by atoms with van der Waals surface area (Å²) in [4.78, 5) is 9.91. The second kappa shape index (κ2) is 4.18. The Balaban J connectivity index is 2.94. The maximum atomic E-state index is 10.3. The van der Waals surface area contributed by atoms with Crippen LogP contribution in [0.5, 0.6) is 0 Å². The number of benzene rings is 1. The van der Waals surface area contributed by atoms with Gasteiger partial charge in [0.15, 0.2) is 0 Å². The van der Waals surface area contributed by atoms with E-state index in [1.807, 2.05) is 13.0 Å². The maximum absolute atomic E-state index is 10.3. The second-order valence-electron chi connectivity index (χ2n) is 2.58. The van der Waals surface area contributed by atoms with E-state index < -0.39 is 4.92 Å². The fourth-order valence-corrected chi connectivity index (χ4v) is 1.19. The van der Waals surface area contributed by atoms with Crippen molar-refractivity contribution in [3.05, 3.63) is 44.4 Å². The average molecular weight is 242 g/mol. The molecule has 0 aliphatic rings. The lowest BCUT2D eigenvalue weighted by atomic mass is 10.2. The lowest BCUT2D eigenvalue weighted by molar-refractivity contribution is -0.384. The average Bonchev–Trinajstić information content (AvgIpc) is 2.04. The molecule has 0 atom stereocenters. The van der Waals surface area contributed by atoms with Crippen molar-refractivity contribution in [2.45, 2.75) is 6.92 Å². The highest BCUT2D eigenvalue weighted by molar-refractivity contribution is 9.11. The third kappa shape index (κ3) is 2.99. The molecule has 0 bridgehead atoms. The Morgan fingerprint density at radius 2 is 2.00 bits per heavy atom. The molecule has 0 heterocycles. The highest BCUT2D eigenvalue weighted by Crippen LogP contribution is 2.15. The van der Waals surface area contributed by atoms with Crippen molar-refractivity contribution < 1.29 is 4.92 Å². The predicted molar refractivity (Wildman–Crippen MR) is 55.7 cm³/mol.